The van der Waals surface area contributed by atoms with Crippen molar-refractivity contribution in [2.45, 2.75) is 32.7 Å². The van der Waals surface area contributed by atoms with Crippen LogP contribution in [0, 0.1) is 13.8 Å². The summed E-state index contributed by atoms with van der Waals surface area (Å²) in [6.45, 7) is 4.09. The van der Waals surface area contributed by atoms with Crippen molar-refractivity contribution >= 4 is 5.91 Å². The fourth-order valence-electron chi connectivity index (χ4n) is 5.12. The van der Waals surface area contributed by atoms with Gasteiger partial charge in [-0.1, -0.05) is 54.6 Å². The van der Waals surface area contributed by atoms with Crippen molar-refractivity contribution in [3.05, 3.63) is 107 Å². The first-order valence-corrected chi connectivity index (χ1v) is 11.0. The number of nitrogens with zero attached hydrogens (tertiary/aromatic N) is 1. The fraction of sp³-hybridized carbons (Fsp3) is 0.179. The number of nitrogens with two attached hydrogens (primary N) is 1. The van der Waals surface area contributed by atoms with Crippen LogP contribution in [0.2, 0.25) is 0 Å². The lowest BCUT2D eigenvalue weighted by molar-refractivity contribution is 0.1000. The number of para-hydroxylation sites is 1. The van der Waals surface area contributed by atoms with E-state index in [1.165, 1.54) is 11.1 Å². The monoisotopic (exact) mass is 422 g/mol. The number of carbonyl (C=O) groups is 1. The van der Waals surface area contributed by atoms with Crippen LogP contribution in [0.4, 0.5) is 0 Å². The number of aryl methyl sites for hydroxylation is 1. The second kappa shape index (κ2) is 8.04. The molecular weight excluding hydrogens is 396 g/mol. The number of hydrogen-bond donors (Lipinski definition) is 1. The van der Waals surface area contributed by atoms with Gasteiger partial charge in [-0.25, -0.2) is 0 Å². The van der Waals surface area contributed by atoms with E-state index in [9.17, 15) is 4.79 Å². The van der Waals surface area contributed by atoms with Gasteiger partial charge in [0.15, 0.2) is 0 Å². The molecule has 1 unspecified atom stereocenters. The highest BCUT2D eigenvalue weighted by molar-refractivity contribution is 6.02. The average molecular weight is 423 g/mol. The van der Waals surface area contributed by atoms with Gasteiger partial charge in [0.25, 0.3) is 5.91 Å². The Balaban J connectivity index is 1.62. The fourth-order valence-corrected chi connectivity index (χ4v) is 5.12. The molecule has 2 N–H and O–H groups in total. The summed E-state index contributed by atoms with van der Waals surface area (Å²) in [4.78, 5) is 12.6. The van der Waals surface area contributed by atoms with E-state index in [1.54, 1.807) is 0 Å². The van der Waals surface area contributed by atoms with Gasteiger partial charge in [-0.2, -0.15) is 0 Å². The van der Waals surface area contributed by atoms with E-state index in [1.807, 2.05) is 61.5 Å². The number of fused-ring (bicyclic) bond motifs is 1. The lowest BCUT2D eigenvalue weighted by Crippen LogP contribution is -2.15. The SMILES string of the molecule is Cc1c(C(N)=O)c(-c2cccc(Oc3ccccc3)c2)c(C)n1C1CCc2ccccc21. The molecule has 5 rings (SSSR count). The Bertz CT molecular complexity index is 1300. The predicted molar refractivity (Wildman–Crippen MR) is 127 cm³/mol. The van der Waals surface area contributed by atoms with Crippen LogP contribution in [0.25, 0.3) is 11.1 Å². The number of rotatable bonds is 5. The third kappa shape index (κ3) is 3.38. The molecule has 4 nitrogen and oxygen atoms in total. The summed E-state index contributed by atoms with van der Waals surface area (Å²) in [7, 11) is 0. The molecule has 4 heteroatoms. The molecule has 0 aliphatic heterocycles. The molecule has 0 bridgehead atoms. The zero-order valence-electron chi connectivity index (χ0n) is 18.3. The summed E-state index contributed by atoms with van der Waals surface area (Å²) in [6.07, 6.45) is 2.06. The second-order valence-corrected chi connectivity index (χ2v) is 8.35. The van der Waals surface area contributed by atoms with Crippen LogP contribution in [0.3, 0.4) is 0 Å². The number of amides is 1. The minimum atomic E-state index is -0.403. The van der Waals surface area contributed by atoms with Gasteiger partial charge in [-0.3, -0.25) is 4.79 Å². The minimum Gasteiger partial charge on any atom is -0.457 e. The number of aromatic nitrogens is 1. The molecule has 0 saturated carbocycles. The quantitative estimate of drug-likeness (QED) is 0.416. The molecule has 0 fully saturated rings. The van der Waals surface area contributed by atoms with E-state index in [-0.39, 0.29) is 6.04 Å². The summed E-state index contributed by atoms with van der Waals surface area (Å²) in [5.41, 5.74) is 13.0. The Morgan fingerprint density at radius 3 is 2.41 bits per heavy atom. The van der Waals surface area contributed by atoms with E-state index in [4.69, 9.17) is 10.5 Å². The van der Waals surface area contributed by atoms with Crippen molar-refractivity contribution in [3.8, 4) is 22.6 Å². The van der Waals surface area contributed by atoms with Gasteiger partial charge in [0, 0.05) is 17.0 Å². The molecule has 3 aromatic carbocycles. The zero-order chi connectivity index (χ0) is 22.2. The molecule has 1 aliphatic carbocycles. The first kappa shape index (κ1) is 20.1. The second-order valence-electron chi connectivity index (χ2n) is 8.35. The predicted octanol–water partition coefficient (Wildman–Crippen LogP) is 6.20. The maximum absolute atomic E-state index is 12.6. The summed E-state index contributed by atoms with van der Waals surface area (Å²) >= 11 is 0. The van der Waals surface area contributed by atoms with E-state index in [2.05, 4.69) is 35.8 Å². The minimum absolute atomic E-state index is 0.210. The van der Waals surface area contributed by atoms with Crippen LogP contribution in [0.5, 0.6) is 11.5 Å². The van der Waals surface area contributed by atoms with Gasteiger partial charge >= 0.3 is 0 Å². The maximum atomic E-state index is 12.6. The summed E-state index contributed by atoms with van der Waals surface area (Å²) < 4.78 is 8.34. The molecule has 1 heterocycles. The Labute approximate surface area is 188 Å². The third-order valence-electron chi connectivity index (χ3n) is 6.46. The number of ether oxygens (including phenoxy) is 1. The van der Waals surface area contributed by atoms with E-state index in [0.29, 0.717) is 5.56 Å². The summed E-state index contributed by atoms with van der Waals surface area (Å²) in [5, 5.41) is 0. The summed E-state index contributed by atoms with van der Waals surface area (Å²) in [6, 6.07) is 26.3. The average Bonchev–Trinajstić information content (AvgIpc) is 3.32. The van der Waals surface area contributed by atoms with Gasteiger partial charge < -0.3 is 15.0 Å². The standard InChI is InChI=1S/C28H26N2O2/c1-18-26(21-10-8-13-23(17-21)32-22-11-4-3-5-12-22)27(28(29)31)19(2)30(18)25-16-15-20-9-6-7-14-24(20)25/h3-14,17,25H,15-16H2,1-2H3,(H2,29,31). The lowest BCUT2D eigenvalue weighted by Gasteiger charge is -2.19. The molecule has 1 atom stereocenters. The molecule has 1 aromatic heterocycles. The van der Waals surface area contributed by atoms with E-state index < -0.39 is 5.91 Å². The van der Waals surface area contributed by atoms with Crippen LogP contribution in [0.1, 0.15) is 45.3 Å². The largest absolute Gasteiger partial charge is 0.457 e. The normalized spacial score (nSPS) is 14.9. The topological polar surface area (TPSA) is 57.3 Å². The Morgan fingerprint density at radius 1 is 0.906 bits per heavy atom. The number of hydrogen-bond acceptors (Lipinski definition) is 2. The van der Waals surface area contributed by atoms with Crippen molar-refractivity contribution in [2.75, 3.05) is 0 Å². The Morgan fingerprint density at radius 2 is 1.62 bits per heavy atom. The Kier molecular flexibility index (Phi) is 5.06. The first-order chi connectivity index (χ1) is 15.5. The first-order valence-electron chi connectivity index (χ1n) is 11.0. The molecule has 1 amide bonds. The highest BCUT2D eigenvalue weighted by Crippen LogP contribution is 2.41. The van der Waals surface area contributed by atoms with Crippen LogP contribution in [-0.4, -0.2) is 10.5 Å². The summed E-state index contributed by atoms with van der Waals surface area (Å²) in [5.74, 6) is 1.09. The van der Waals surface area contributed by atoms with Crippen LogP contribution >= 0.6 is 0 Å². The highest BCUT2D eigenvalue weighted by Gasteiger charge is 2.30. The molecular formula is C28H26N2O2. The number of primary amides is 1. The van der Waals surface area contributed by atoms with E-state index >= 15 is 0 Å². The maximum Gasteiger partial charge on any atom is 0.251 e. The van der Waals surface area contributed by atoms with Gasteiger partial charge in [-0.05, 0) is 67.6 Å². The smallest absolute Gasteiger partial charge is 0.251 e. The van der Waals surface area contributed by atoms with E-state index in [0.717, 1.165) is 46.9 Å². The van der Waals surface area contributed by atoms with Crippen molar-refractivity contribution in [1.29, 1.82) is 0 Å². The van der Waals surface area contributed by atoms with Crippen LogP contribution in [-0.2, 0) is 6.42 Å². The molecule has 4 aromatic rings. The number of benzene rings is 3. The van der Waals surface area contributed by atoms with Gasteiger partial charge in [0.2, 0.25) is 0 Å². The third-order valence-corrected chi connectivity index (χ3v) is 6.46. The van der Waals surface area contributed by atoms with Crippen LogP contribution < -0.4 is 10.5 Å². The van der Waals surface area contributed by atoms with Gasteiger partial charge in [-0.15, -0.1) is 0 Å². The lowest BCUT2D eigenvalue weighted by atomic mass is 10.00. The number of carbonyl (C=O) groups excluding carboxylic acids is 1. The molecule has 1 aliphatic rings. The molecule has 0 saturated heterocycles. The van der Waals surface area contributed by atoms with Crippen molar-refractivity contribution in [2.24, 2.45) is 5.73 Å². The zero-order valence-corrected chi connectivity index (χ0v) is 18.3. The van der Waals surface area contributed by atoms with Crippen molar-refractivity contribution in [1.82, 2.24) is 4.57 Å². The van der Waals surface area contributed by atoms with Crippen molar-refractivity contribution in [3.63, 3.8) is 0 Å². The molecule has 160 valence electrons. The van der Waals surface area contributed by atoms with Gasteiger partial charge in [0.05, 0.1) is 11.6 Å². The van der Waals surface area contributed by atoms with Gasteiger partial charge in [0.1, 0.15) is 11.5 Å². The highest BCUT2D eigenvalue weighted by atomic mass is 16.5. The molecule has 0 spiro atoms. The Hall–Kier alpha value is -3.79. The van der Waals surface area contributed by atoms with Crippen LogP contribution in [0.15, 0.2) is 78.9 Å². The van der Waals surface area contributed by atoms with Crippen molar-refractivity contribution < 1.29 is 9.53 Å². The molecule has 0 radical (unpaired) electrons. The molecule has 32 heavy (non-hydrogen) atoms.